The average molecular weight is 254 g/mol. The van der Waals surface area contributed by atoms with Crippen molar-refractivity contribution < 1.29 is 4.79 Å². The first-order valence-corrected chi connectivity index (χ1v) is 5.46. The van der Waals surface area contributed by atoms with E-state index in [4.69, 9.17) is 18.0 Å². The van der Waals surface area contributed by atoms with E-state index in [2.05, 4.69) is 5.10 Å². The SMILES string of the molecule is CN(CCC(N)=S)C(=O)Cn1ncccc1=O. The first-order chi connectivity index (χ1) is 8.00. The minimum atomic E-state index is -0.302. The highest BCUT2D eigenvalue weighted by Crippen LogP contribution is 1.91. The lowest BCUT2D eigenvalue weighted by molar-refractivity contribution is -0.130. The van der Waals surface area contributed by atoms with E-state index in [9.17, 15) is 9.59 Å². The third kappa shape index (κ3) is 4.31. The quantitative estimate of drug-likeness (QED) is 0.708. The molecule has 2 N–H and O–H groups in total. The fraction of sp³-hybridized carbons (Fsp3) is 0.400. The van der Waals surface area contributed by atoms with Crippen molar-refractivity contribution in [2.24, 2.45) is 5.73 Å². The van der Waals surface area contributed by atoms with Crippen LogP contribution in [0.2, 0.25) is 0 Å². The summed E-state index contributed by atoms with van der Waals surface area (Å²) in [5.41, 5.74) is 5.04. The van der Waals surface area contributed by atoms with Gasteiger partial charge in [0.15, 0.2) is 0 Å². The van der Waals surface area contributed by atoms with Gasteiger partial charge in [-0.15, -0.1) is 0 Å². The van der Waals surface area contributed by atoms with Gasteiger partial charge in [-0.3, -0.25) is 9.59 Å². The molecule has 92 valence electrons. The number of hydrogen-bond donors (Lipinski definition) is 1. The summed E-state index contributed by atoms with van der Waals surface area (Å²) in [6.07, 6.45) is 1.93. The van der Waals surface area contributed by atoms with Crippen LogP contribution in [-0.4, -0.2) is 39.2 Å². The van der Waals surface area contributed by atoms with E-state index >= 15 is 0 Å². The van der Waals surface area contributed by atoms with Crippen LogP contribution in [0.3, 0.4) is 0 Å². The van der Waals surface area contributed by atoms with E-state index in [1.807, 2.05) is 0 Å². The van der Waals surface area contributed by atoms with Gasteiger partial charge in [0.25, 0.3) is 5.56 Å². The maximum Gasteiger partial charge on any atom is 0.267 e. The molecule has 0 radical (unpaired) electrons. The molecule has 0 bridgehead atoms. The zero-order valence-corrected chi connectivity index (χ0v) is 10.3. The van der Waals surface area contributed by atoms with Gasteiger partial charge in [-0.05, 0) is 6.07 Å². The molecule has 17 heavy (non-hydrogen) atoms. The van der Waals surface area contributed by atoms with Crippen molar-refractivity contribution in [3.8, 4) is 0 Å². The van der Waals surface area contributed by atoms with Crippen LogP contribution in [0.25, 0.3) is 0 Å². The Balaban J connectivity index is 2.57. The van der Waals surface area contributed by atoms with E-state index < -0.39 is 0 Å². The summed E-state index contributed by atoms with van der Waals surface area (Å²) in [4.78, 5) is 24.9. The van der Waals surface area contributed by atoms with Crippen molar-refractivity contribution in [2.75, 3.05) is 13.6 Å². The number of likely N-dealkylation sites (N-methyl/N-ethyl adjacent to an activating group) is 1. The summed E-state index contributed by atoms with van der Waals surface area (Å²) < 4.78 is 1.11. The highest BCUT2D eigenvalue weighted by Gasteiger charge is 2.10. The lowest BCUT2D eigenvalue weighted by Crippen LogP contribution is -2.36. The second-order valence-corrected chi connectivity index (χ2v) is 4.08. The third-order valence-electron chi connectivity index (χ3n) is 2.19. The number of amides is 1. The van der Waals surface area contributed by atoms with E-state index in [1.54, 1.807) is 7.05 Å². The van der Waals surface area contributed by atoms with Crippen LogP contribution in [0.15, 0.2) is 23.1 Å². The summed E-state index contributed by atoms with van der Waals surface area (Å²) >= 11 is 4.72. The lowest BCUT2D eigenvalue weighted by Gasteiger charge is -2.16. The maximum atomic E-state index is 11.7. The maximum absolute atomic E-state index is 11.7. The van der Waals surface area contributed by atoms with Gasteiger partial charge in [-0.25, -0.2) is 4.68 Å². The van der Waals surface area contributed by atoms with Crippen LogP contribution in [-0.2, 0) is 11.3 Å². The number of rotatable bonds is 5. The highest BCUT2D eigenvalue weighted by molar-refractivity contribution is 7.80. The summed E-state index contributed by atoms with van der Waals surface area (Å²) in [5, 5.41) is 3.80. The molecule has 0 fully saturated rings. The topological polar surface area (TPSA) is 81.2 Å². The molecule has 7 heteroatoms. The molecule has 0 aliphatic heterocycles. The molecule has 1 heterocycles. The Kier molecular flexibility index (Phi) is 4.77. The van der Waals surface area contributed by atoms with Gasteiger partial charge in [-0.1, -0.05) is 12.2 Å². The zero-order chi connectivity index (χ0) is 12.8. The number of thiocarbonyl (C=S) groups is 1. The zero-order valence-electron chi connectivity index (χ0n) is 9.50. The molecule has 0 aliphatic carbocycles. The molecule has 1 rings (SSSR count). The molecule has 0 saturated heterocycles. The number of nitrogens with two attached hydrogens (primary N) is 1. The Morgan fingerprint density at radius 3 is 2.94 bits per heavy atom. The third-order valence-corrected chi connectivity index (χ3v) is 2.39. The van der Waals surface area contributed by atoms with Gasteiger partial charge in [0.1, 0.15) is 6.54 Å². The minimum Gasteiger partial charge on any atom is -0.393 e. The Morgan fingerprint density at radius 2 is 2.35 bits per heavy atom. The molecule has 6 nitrogen and oxygen atoms in total. The standard InChI is InChI=1S/C10H14N4O2S/c1-13(6-4-8(11)17)10(16)7-14-9(15)3-2-5-12-14/h2-3,5H,4,6-7H2,1H3,(H2,11,17). The number of nitrogens with zero attached hydrogens (tertiary/aromatic N) is 3. The summed E-state index contributed by atoms with van der Waals surface area (Å²) in [5.74, 6) is -0.206. The van der Waals surface area contributed by atoms with E-state index in [1.165, 1.54) is 23.2 Å². The van der Waals surface area contributed by atoms with Crippen LogP contribution < -0.4 is 11.3 Å². The first kappa shape index (κ1) is 13.3. The second-order valence-electron chi connectivity index (χ2n) is 3.55. The molecule has 1 aromatic rings. The predicted octanol–water partition coefficient (Wildman–Crippen LogP) is -0.622. The van der Waals surface area contributed by atoms with E-state index in [0.29, 0.717) is 18.0 Å². The molecular formula is C10H14N4O2S. The first-order valence-electron chi connectivity index (χ1n) is 5.05. The minimum absolute atomic E-state index is 0.0759. The van der Waals surface area contributed by atoms with Gasteiger partial charge >= 0.3 is 0 Å². The molecule has 0 saturated carbocycles. The van der Waals surface area contributed by atoms with Crippen molar-refractivity contribution in [3.05, 3.63) is 28.7 Å². The Bertz CT molecular complexity index is 471. The van der Waals surface area contributed by atoms with E-state index in [0.717, 1.165) is 4.68 Å². The predicted molar refractivity (Wildman–Crippen MR) is 67.5 cm³/mol. The Labute approximate surface area is 104 Å². The van der Waals surface area contributed by atoms with Gasteiger partial charge in [-0.2, -0.15) is 5.10 Å². The van der Waals surface area contributed by atoms with Crippen LogP contribution in [0.4, 0.5) is 0 Å². The largest absolute Gasteiger partial charge is 0.393 e. The molecule has 0 aliphatic rings. The number of hydrogen-bond acceptors (Lipinski definition) is 4. The van der Waals surface area contributed by atoms with Gasteiger partial charge < -0.3 is 10.6 Å². The number of carbonyl (C=O) groups is 1. The van der Waals surface area contributed by atoms with Crippen molar-refractivity contribution in [2.45, 2.75) is 13.0 Å². The lowest BCUT2D eigenvalue weighted by atomic mass is 10.4. The fourth-order valence-corrected chi connectivity index (χ4v) is 1.25. The van der Waals surface area contributed by atoms with Crippen molar-refractivity contribution in [3.63, 3.8) is 0 Å². The normalized spacial score (nSPS) is 9.94. The van der Waals surface area contributed by atoms with Gasteiger partial charge in [0, 0.05) is 32.3 Å². The molecule has 0 unspecified atom stereocenters. The van der Waals surface area contributed by atoms with E-state index in [-0.39, 0.29) is 18.0 Å². The number of carbonyl (C=O) groups excluding carboxylic acids is 1. The molecule has 0 aromatic carbocycles. The number of aromatic nitrogens is 2. The highest BCUT2D eigenvalue weighted by atomic mass is 32.1. The Morgan fingerprint density at radius 1 is 1.65 bits per heavy atom. The average Bonchev–Trinajstić information content (AvgIpc) is 2.28. The van der Waals surface area contributed by atoms with Crippen LogP contribution in [0.5, 0.6) is 0 Å². The second kappa shape index (κ2) is 6.09. The van der Waals surface area contributed by atoms with Gasteiger partial charge in [0.2, 0.25) is 5.91 Å². The van der Waals surface area contributed by atoms with Crippen molar-refractivity contribution >= 4 is 23.1 Å². The molecular weight excluding hydrogens is 240 g/mol. The van der Waals surface area contributed by atoms with Gasteiger partial charge in [0.05, 0.1) is 4.99 Å². The van der Waals surface area contributed by atoms with Crippen LogP contribution in [0.1, 0.15) is 6.42 Å². The van der Waals surface area contributed by atoms with Crippen LogP contribution in [0, 0.1) is 0 Å². The molecule has 0 spiro atoms. The molecule has 1 aromatic heterocycles. The summed E-state index contributed by atoms with van der Waals surface area (Å²) in [6.45, 7) is 0.364. The summed E-state index contributed by atoms with van der Waals surface area (Å²) in [7, 11) is 1.63. The Hall–Kier alpha value is -1.76. The molecule has 0 atom stereocenters. The smallest absolute Gasteiger partial charge is 0.267 e. The van der Waals surface area contributed by atoms with Crippen LogP contribution >= 0.6 is 12.2 Å². The molecule has 1 amide bonds. The van der Waals surface area contributed by atoms with Crippen molar-refractivity contribution in [1.29, 1.82) is 0 Å². The monoisotopic (exact) mass is 254 g/mol. The van der Waals surface area contributed by atoms with Crippen molar-refractivity contribution in [1.82, 2.24) is 14.7 Å². The fourth-order valence-electron chi connectivity index (χ4n) is 1.16. The summed E-state index contributed by atoms with van der Waals surface area (Å²) in [6, 6.07) is 2.88.